The van der Waals surface area contributed by atoms with Crippen LogP contribution in [0.2, 0.25) is 0 Å². The highest BCUT2D eigenvalue weighted by Gasteiger charge is 2.35. The monoisotopic (exact) mass is 537 g/mol. The molecule has 0 radical (unpaired) electrons. The third-order valence-electron chi connectivity index (χ3n) is 7.72. The minimum Gasteiger partial charge on any atom is -0.497 e. The molecule has 1 atom stereocenters. The van der Waals surface area contributed by atoms with E-state index >= 15 is 0 Å². The molecular formula is C32H41FNO3P. The van der Waals surface area contributed by atoms with Gasteiger partial charge >= 0.3 is 0 Å². The van der Waals surface area contributed by atoms with Gasteiger partial charge in [-0.1, -0.05) is 65.2 Å². The lowest BCUT2D eigenvalue weighted by Crippen LogP contribution is -2.31. The summed E-state index contributed by atoms with van der Waals surface area (Å²) in [5, 5.41) is 0.999. The molecule has 0 bridgehead atoms. The Kier molecular flexibility index (Phi) is 10.0. The molecule has 1 heterocycles. The highest BCUT2D eigenvalue weighted by atomic mass is 31.1. The fraction of sp³-hybridized carbons (Fsp3) is 0.438. The summed E-state index contributed by atoms with van der Waals surface area (Å²) in [5.74, 6) is 2.00. The van der Waals surface area contributed by atoms with Crippen molar-refractivity contribution in [3.63, 3.8) is 0 Å². The van der Waals surface area contributed by atoms with Crippen LogP contribution >= 0.6 is 8.58 Å². The molecule has 0 aromatic heterocycles. The van der Waals surface area contributed by atoms with E-state index in [0.29, 0.717) is 20.9 Å². The van der Waals surface area contributed by atoms with Crippen LogP contribution in [0.1, 0.15) is 62.6 Å². The molecule has 4 nitrogen and oxygen atoms in total. The van der Waals surface area contributed by atoms with E-state index in [9.17, 15) is 4.39 Å². The maximum Gasteiger partial charge on any atom is 0.166 e. The molecule has 1 unspecified atom stereocenters. The molecule has 3 aromatic carbocycles. The molecule has 4 rings (SSSR count). The summed E-state index contributed by atoms with van der Waals surface area (Å²) in [6.07, 6.45) is 5.52. The van der Waals surface area contributed by atoms with Crippen molar-refractivity contribution >= 4 is 13.9 Å². The molecule has 1 aliphatic rings. The molecule has 1 aliphatic heterocycles. The summed E-state index contributed by atoms with van der Waals surface area (Å²) < 4.78 is 32.5. The van der Waals surface area contributed by atoms with E-state index in [1.54, 1.807) is 26.4 Å². The van der Waals surface area contributed by atoms with Crippen molar-refractivity contribution in [1.82, 2.24) is 4.90 Å². The smallest absolute Gasteiger partial charge is 0.166 e. The van der Waals surface area contributed by atoms with Crippen molar-refractivity contribution in [1.29, 1.82) is 0 Å². The quantitative estimate of drug-likeness (QED) is 0.225. The summed E-state index contributed by atoms with van der Waals surface area (Å²) in [5.41, 5.74) is 3.28. The fourth-order valence-electron chi connectivity index (χ4n) is 5.39. The highest BCUT2D eigenvalue weighted by Crippen LogP contribution is 2.54. The molecule has 0 spiro atoms. The Morgan fingerprint density at radius 1 is 0.895 bits per heavy atom. The number of halogens is 1. The molecule has 0 aliphatic carbocycles. The largest absolute Gasteiger partial charge is 0.497 e. The van der Waals surface area contributed by atoms with Crippen LogP contribution < -0.4 is 19.5 Å². The van der Waals surface area contributed by atoms with Crippen molar-refractivity contribution in [3.05, 3.63) is 83.2 Å². The lowest BCUT2D eigenvalue weighted by Gasteiger charge is -2.36. The number of benzene rings is 3. The van der Waals surface area contributed by atoms with Crippen LogP contribution in [-0.2, 0) is 18.3 Å². The highest BCUT2D eigenvalue weighted by molar-refractivity contribution is 7.48. The number of hydrogen-bond donors (Lipinski definition) is 0. The van der Waals surface area contributed by atoms with Gasteiger partial charge in [0.05, 0.1) is 14.2 Å². The molecule has 0 saturated carbocycles. The number of likely N-dealkylation sites (tertiary alicyclic amines) is 1. The van der Waals surface area contributed by atoms with Gasteiger partial charge in [-0.25, -0.2) is 4.39 Å². The molecular weight excluding hydrogens is 496 g/mol. The summed E-state index contributed by atoms with van der Waals surface area (Å²) in [7, 11) is 3.79. The Hall–Kier alpha value is -2.62. The van der Waals surface area contributed by atoms with Crippen LogP contribution in [0.5, 0.6) is 17.2 Å². The molecule has 0 N–H and O–H groups in total. The maximum absolute atomic E-state index is 14.5. The third-order valence-corrected chi connectivity index (χ3v) is 9.93. The number of methoxy groups -OCH3 is 2. The molecule has 0 amide bonds. The first kappa shape index (κ1) is 28.4. The molecule has 6 heteroatoms. The fourth-order valence-corrected chi connectivity index (χ4v) is 7.05. The average molecular weight is 538 g/mol. The van der Waals surface area contributed by atoms with Gasteiger partial charge in [0.2, 0.25) is 0 Å². The SMILES string of the molecule is CCC(CC)(Pc1ccc(F)cc1CN1CCCCC1)c1cc(OC)cc(OC)c1OCc1ccccc1. The summed E-state index contributed by atoms with van der Waals surface area (Å²) >= 11 is 0. The van der Waals surface area contributed by atoms with Crippen LogP contribution in [0.4, 0.5) is 4.39 Å². The first-order valence-electron chi connectivity index (χ1n) is 13.7. The molecule has 1 saturated heterocycles. The third kappa shape index (κ3) is 6.68. The van der Waals surface area contributed by atoms with Gasteiger partial charge < -0.3 is 14.2 Å². The first-order chi connectivity index (χ1) is 18.5. The predicted molar refractivity (Wildman–Crippen MR) is 156 cm³/mol. The van der Waals surface area contributed by atoms with E-state index in [1.165, 1.54) is 24.6 Å². The second-order valence-corrected chi connectivity index (χ2v) is 11.8. The maximum atomic E-state index is 14.5. The number of rotatable bonds is 12. The van der Waals surface area contributed by atoms with Gasteiger partial charge in [-0.2, -0.15) is 0 Å². The average Bonchev–Trinajstić information content (AvgIpc) is 2.96. The topological polar surface area (TPSA) is 30.9 Å². The van der Waals surface area contributed by atoms with Gasteiger partial charge in [-0.15, -0.1) is 0 Å². The number of piperidine rings is 1. The number of ether oxygens (including phenoxy) is 3. The van der Waals surface area contributed by atoms with Crippen LogP contribution in [0.25, 0.3) is 0 Å². The Labute approximate surface area is 229 Å². The lowest BCUT2D eigenvalue weighted by atomic mass is 9.91. The van der Waals surface area contributed by atoms with Crippen LogP contribution in [-0.4, -0.2) is 32.2 Å². The Morgan fingerprint density at radius 2 is 1.63 bits per heavy atom. The van der Waals surface area contributed by atoms with Gasteiger partial charge in [0.15, 0.2) is 11.5 Å². The van der Waals surface area contributed by atoms with Gasteiger partial charge in [0.25, 0.3) is 0 Å². The number of nitrogens with zero attached hydrogens (tertiary/aromatic N) is 1. The number of hydrogen-bond acceptors (Lipinski definition) is 4. The Balaban J connectivity index is 1.75. The second-order valence-electron chi connectivity index (χ2n) is 10.0. The predicted octanol–water partition coefficient (Wildman–Crippen LogP) is 7.43. The lowest BCUT2D eigenvalue weighted by molar-refractivity contribution is 0.221. The summed E-state index contributed by atoms with van der Waals surface area (Å²) in [6.45, 7) is 7.86. The van der Waals surface area contributed by atoms with E-state index in [0.717, 1.165) is 60.7 Å². The summed E-state index contributed by atoms with van der Waals surface area (Å²) in [6, 6.07) is 19.5. The summed E-state index contributed by atoms with van der Waals surface area (Å²) in [4.78, 5) is 2.47. The standard InChI is InChI=1S/C32H41FNO3P/c1-5-32(6-2,38-30-16-15-26(33)19-25(30)22-34-17-11-8-12-18-34)28-20-27(35-3)21-29(36-4)31(28)37-23-24-13-9-7-10-14-24/h7,9-10,13-16,19-21,38H,5-6,8,11-12,17-18,22-23H2,1-4H3. The van der Waals surface area contributed by atoms with Crippen molar-refractivity contribution < 1.29 is 18.6 Å². The molecule has 1 fully saturated rings. The zero-order valence-electron chi connectivity index (χ0n) is 23.2. The Morgan fingerprint density at radius 3 is 2.29 bits per heavy atom. The van der Waals surface area contributed by atoms with Gasteiger partial charge in [0.1, 0.15) is 18.2 Å². The minimum absolute atomic E-state index is 0.168. The second kappa shape index (κ2) is 13.4. The zero-order valence-corrected chi connectivity index (χ0v) is 24.2. The molecule has 204 valence electrons. The van der Waals surface area contributed by atoms with Gasteiger partial charge in [-0.3, -0.25) is 4.90 Å². The Bertz CT molecular complexity index is 1180. The molecule has 3 aromatic rings. The van der Waals surface area contributed by atoms with Crippen molar-refractivity contribution in [3.8, 4) is 17.2 Å². The van der Waals surface area contributed by atoms with Gasteiger partial charge in [-0.05, 0) is 73.4 Å². The van der Waals surface area contributed by atoms with Crippen LogP contribution in [0.15, 0.2) is 60.7 Å². The van der Waals surface area contributed by atoms with Crippen LogP contribution in [0, 0.1) is 5.82 Å². The van der Waals surface area contributed by atoms with E-state index in [4.69, 9.17) is 14.2 Å². The molecule has 38 heavy (non-hydrogen) atoms. The van der Waals surface area contributed by atoms with Crippen molar-refractivity contribution in [2.75, 3.05) is 27.3 Å². The van der Waals surface area contributed by atoms with Crippen molar-refractivity contribution in [2.45, 2.75) is 64.3 Å². The van der Waals surface area contributed by atoms with Gasteiger partial charge in [0, 0.05) is 23.3 Å². The van der Waals surface area contributed by atoms with E-state index in [2.05, 4.69) is 36.9 Å². The first-order valence-corrected chi connectivity index (χ1v) is 14.7. The normalized spacial score (nSPS) is 14.7. The van der Waals surface area contributed by atoms with E-state index in [1.807, 2.05) is 30.3 Å². The van der Waals surface area contributed by atoms with E-state index < -0.39 is 0 Å². The minimum atomic E-state index is -0.220. The zero-order chi connectivity index (χ0) is 27.0. The van der Waals surface area contributed by atoms with Crippen LogP contribution in [0.3, 0.4) is 0 Å². The van der Waals surface area contributed by atoms with Crippen molar-refractivity contribution in [2.24, 2.45) is 0 Å². The van der Waals surface area contributed by atoms with E-state index in [-0.39, 0.29) is 11.0 Å².